The Morgan fingerprint density at radius 2 is 2.12 bits per heavy atom. The zero-order chi connectivity index (χ0) is 11.4. The first-order valence-corrected chi connectivity index (χ1v) is 7.29. The fourth-order valence-corrected chi connectivity index (χ4v) is 3.60. The molecule has 2 heteroatoms. The van der Waals surface area contributed by atoms with E-state index >= 15 is 0 Å². The molecule has 1 N–H and O–H groups in total. The predicted octanol–water partition coefficient (Wildman–Crippen LogP) is 2.64. The quantitative estimate of drug-likeness (QED) is 0.793. The molecule has 0 aromatic heterocycles. The second kappa shape index (κ2) is 6.02. The van der Waals surface area contributed by atoms with E-state index in [1.807, 2.05) is 0 Å². The molecule has 2 aliphatic rings. The van der Waals surface area contributed by atoms with Crippen LogP contribution in [0.5, 0.6) is 0 Å². The fourth-order valence-electron chi connectivity index (χ4n) is 3.60. The maximum atomic E-state index is 3.52. The Hall–Kier alpha value is -0.0800. The van der Waals surface area contributed by atoms with Crippen LogP contribution < -0.4 is 5.32 Å². The second-order valence-electron chi connectivity index (χ2n) is 5.71. The topological polar surface area (TPSA) is 15.3 Å². The number of hydrogen-bond donors (Lipinski definition) is 1. The molecular formula is C14H28N2. The number of hydrogen-bond acceptors (Lipinski definition) is 2. The van der Waals surface area contributed by atoms with Gasteiger partial charge in [0.2, 0.25) is 0 Å². The predicted molar refractivity (Wildman–Crippen MR) is 69.7 cm³/mol. The second-order valence-corrected chi connectivity index (χ2v) is 5.71. The molecule has 0 bridgehead atoms. The summed E-state index contributed by atoms with van der Waals surface area (Å²) in [6.07, 6.45) is 8.46. The number of likely N-dealkylation sites (tertiary alicyclic amines) is 1. The van der Waals surface area contributed by atoms with E-state index in [0.29, 0.717) is 0 Å². The van der Waals surface area contributed by atoms with E-state index < -0.39 is 0 Å². The molecule has 0 radical (unpaired) electrons. The van der Waals surface area contributed by atoms with Gasteiger partial charge in [-0.05, 0) is 51.2 Å². The highest BCUT2D eigenvalue weighted by molar-refractivity contribution is 4.88. The van der Waals surface area contributed by atoms with Crippen molar-refractivity contribution in [1.29, 1.82) is 0 Å². The summed E-state index contributed by atoms with van der Waals surface area (Å²) in [6, 6.07) is 1.75. The Bertz CT molecular complexity index is 203. The van der Waals surface area contributed by atoms with Crippen LogP contribution >= 0.6 is 0 Å². The van der Waals surface area contributed by atoms with Crippen molar-refractivity contribution in [1.82, 2.24) is 10.2 Å². The summed E-state index contributed by atoms with van der Waals surface area (Å²) < 4.78 is 0. The van der Waals surface area contributed by atoms with Crippen molar-refractivity contribution < 1.29 is 0 Å². The highest BCUT2D eigenvalue weighted by Crippen LogP contribution is 2.28. The van der Waals surface area contributed by atoms with Gasteiger partial charge >= 0.3 is 0 Å². The Morgan fingerprint density at radius 1 is 1.25 bits per heavy atom. The smallest absolute Gasteiger partial charge is 0.0148 e. The SMILES string of the molecule is CCCC1CCCCN1C1CCNCC1C. The summed E-state index contributed by atoms with van der Waals surface area (Å²) in [4.78, 5) is 2.86. The van der Waals surface area contributed by atoms with E-state index in [1.165, 1.54) is 58.2 Å². The van der Waals surface area contributed by atoms with Gasteiger partial charge in [0.05, 0.1) is 0 Å². The summed E-state index contributed by atoms with van der Waals surface area (Å²) in [7, 11) is 0. The van der Waals surface area contributed by atoms with Gasteiger partial charge in [-0.3, -0.25) is 4.90 Å². The van der Waals surface area contributed by atoms with Crippen LogP contribution in [-0.2, 0) is 0 Å². The summed E-state index contributed by atoms with van der Waals surface area (Å²) in [5.74, 6) is 0.839. The van der Waals surface area contributed by atoms with Gasteiger partial charge in [-0.2, -0.15) is 0 Å². The van der Waals surface area contributed by atoms with Crippen LogP contribution in [0.15, 0.2) is 0 Å². The highest BCUT2D eigenvalue weighted by Gasteiger charge is 2.32. The normalized spacial score (nSPS) is 37.5. The average molecular weight is 224 g/mol. The number of rotatable bonds is 3. The lowest BCUT2D eigenvalue weighted by molar-refractivity contribution is 0.0449. The molecule has 2 saturated heterocycles. The van der Waals surface area contributed by atoms with E-state index in [-0.39, 0.29) is 0 Å². The fraction of sp³-hybridized carbons (Fsp3) is 1.00. The van der Waals surface area contributed by atoms with Gasteiger partial charge < -0.3 is 5.32 Å². The van der Waals surface area contributed by atoms with Crippen LogP contribution in [-0.4, -0.2) is 36.6 Å². The van der Waals surface area contributed by atoms with Crippen LogP contribution in [0.4, 0.5) is 0 Å². The van der Waals surface area contributed by atoms with E-state index in [4.69, 9.17) is 0 Å². The molecular weight excluding hydrogens is 196 g/mol. The highest BCUT2D eigenvalue weighted by atomic mass is 15.2. The van der Waals surface area contributed by atoms with Crippen molar-refractivity contribution in [3.63, 3.8) is 0 Å². The first kappa shape index (κ1) is 12.4. The van der Waals surface area contributed by atoms with Gasteiger partial charge in [0.1, 0.15) is 0 Å². The molecule has 0 spiro atoms. The van der Waals surface area contributed by atoms with Gasteiger partial charge in [-0.15, -0.1) is 0 Å². The van der Waals surface area contributed by atoms with Crippen molar-refractivity contribution in [3.8, 4) is 0 Å². The van der Waals surface area contributed by atoms with Gasteiger partial charge in [0.25, 0.3) is 0 Å². The van der Waals surface area contributed by atoms with Gasteiger partial charge in [0, 0.05) is 12.1 Å². The molecule has 94 valence electrons. The van der Waals surface area contributed by atoms with Crippen LogP contribution in [0.1, 0.15) is 52.4 Å². The van der Waals surface area contributed by atoms with Crippen molar-refractivity contribution >= 4 is 0 Å². The number of nitrogens with one attached hydrogen (secondary N) is 1. The van der Waals surface area contributed by atoms with E-state index in [2.05, 4.69) is 24.1 Å². The third kappa shape index (κ3) is 2.78. The Balaban J connectivity index is 1.97. The minimum atomic E-state index is 0.839. The lowest BCUT2D eigenvalue weighted by Gasteiger charge is -2.45. The van der Waals surface area contributed by atoms with Crippen molar-refractivity contribution in [2.75, 3.05) is 19.6 Å². The summed E-state index contributed by atoms with van der Waals surface area (Å²) in [6.45, 7) is 8.57. The lowest BCUT2D eigenvalue weighted by atomic mass is 9.88. The molecule has 16 heavy (non-hydrogen) atoms. The molecule has 0 saturated carbocycles. The third-order valence-electron chi connectivity index (χ3n) is 4.46. The Kier molecular flexibility index (Phi) is 4.66. The molecule has 0 aromatic rings. The van der Waals surface area contributed by atoms with Crippen molar-refractivity contribution in [2.24, 2.45) is 5.92 Å². The summed E-state index contributed by atoms with van der Waals surface area (Å²) in [5.41, 5.74) is 0. The molecule has 0 aromatic carbocycles. The monoisotopic (exact) mass is 224 g/mol. The van der Waals surface area contributed by atoms with Gasteiger partial charge in [-0.25, -0.2) is 0 Å². The molecule has 0 amide bonds. The Morgan fingerprint density at radius 3 is 2.88 bits per heavy atom. The third-order valence-corrected chi connectivity index (χ3v) is 4.46. The zero-order valence-electron chi connectivity index (χ0n) is 11.0. The lowest BCUT2D eigenvalue weighted by Crippen LogP contribution is -2.53. The molecule has 2 fully saturated rings. The minimum Gasteiger partial charge on any atom is -0.316 e. The van der Waals surface area contributed by atoms with Crippen LogP contribution in [0.25, 0.3) is 0 Å². The largest absolute Gasteiger partial charge is 0.316 e. The molecule has 2 aliphatic heterocycles. The van der Waals surface area contributed by atoms with Crippen LogP contribution in [0.3, 0.4) is 0 Å². The molecule has 3 unspecified atom stereocenters. The van der Waals surface area contributed by atoms with Gasteiger partial charge in [-0.1, -0.05) is 26.7 Å². The van der Waals surface area contributed by atoms with E-state index in [0.717, 1.165) is 18.0 Å². The van der Waals surface area contributed by atoms with Crippen molar-refractivity contribution in [3.05, 3.63) is 0 Å². The maximum Gasteiger partial charge on any atom is 0.0148 e. The standard InChI is InChI=1S/C14H28N2/c1-3-6-13-7-4-5-10-16(13)14-8-9-15-11-12(14)2/h12-15H,3-11H2,1-2H3. The molecule has 2 rings (SSSR count). The van der Waals surface area contributed by atoms with E-state index in [9.17, 15) is 0 Å². The first-order valence-electron chi connectivity index (χ1n) is 7.29. The Labute approximate surface area is 101 Å². The minimum absolute atomic E-state index is 0.839. The number of nitrogens with zero attached hydrogens (tertiary/aromatic N) is 1. The molecule has 3 atom stereocenters. The summed E-state index contributed by atoms with van der Waals surface area (Å²) in [5, 5.41) is 3.52. The van der Waals surface area contributed by atoms with Gasteiger partial charge in [0.15, 0.2) is 0 Å². The van der Waals surface area contributed by atoms with Crippen molar-refractivity contribution in [2.45, 2.75) is 64.5 Å². The van der Waals surface area contributed by atoms with Crippen LogP contribution in [0.2, 0.25) is 0 Å². The average Bonchev–Trinajstić information content (AvgIpc) is 2.31. The van der Waals surface area contributed by atoms with Crippen LogP contribution in [0, 0.1) is 5.92 Å². The first-order chi connectivity index (χ1) is 7.83. The summed E-state index contributed by atoms with van der Waals surface area (Å²) >= 11 is 0. The maximum absolute atomic E-state index is 3.52. The molecule has 2 nitrogen and oxygen atoms in total. The molecule has 2 heterocycles. The zero-order valence-corrected chi connectivity index (χ0v) is 11.0. The number of piperidine rings is 2. The molecule has 0 aliphatic carbocycles. The van der Waals surface area contributed by atoms with E-state index in [1.54, 1.807) is 0 Å².